The summed E-state index contributed by atoms with van der Waals surface area (Å²) in [5.74, 6) is -0.453. The van der Waals surface area contributed by atoms with Crippen LogP contribution in [-0.2, 0) is 0 Å². The fraction of sp³-hybridized carbons (Fsp3) is 0.0769. The van der Waals surface area contributed by atoms with E-state index in [1.807, 2.05) is 0 Å². The fourth-order valence-electron chi connectivity index (χ4n) is 1.53. The molecule has 0 N–H and O–H groups in total. The molecule has 1 nitrogen and oxygen atoms in total. The largest absolute Gasteiger partial charge is 0.497 e. The van der Waals surface area contributed by atoms with Gasteiger partial charge in [0.1, 0.15) is 17.4 Å². The molecule has 0 aliphatic heterocycles. The number of ether oxygens (including phenoxy) is 1. The number of benzene rings is 2. The maximum atomic E-state index is 13.5. The molecule has 0 aliphatic carbocycles. The first kappa shape index (κ1) is 10.6. The summed E-state index contributed by atoms with van der Waals surface area (Å²) in [6, 6.07) is 10.4. The lowest BCUT2D eigenvalue weighted by molar-refractivity contribution is 0.411. The van der Waals surface area contributed by atoms with Gasteiger partial charge in [0, 0.05) is 11.6 Å². The Morgan fingerprint density at radius 2 is 1.75 bits per heavy atom. The summed E-state index contributed by atoms with van der Waals surface area (Å²) in [5, 5.41) is 0. The molecule has 2 aromatic rings. The minimum atomic E-state index is -0.447. The zero-order valence-electron chi connectivity index (χ0n) is 8.71. The van der Waals surface area contributed by atoms with Crippen molar-refractivity contribution in [3.63, 3.8) is 0 Å². The Labute approximate surface area is 92.3 Å². The molecule has 0 saturated heterocycles. The molecule has 0 aliphatic rings. The summed E-state index contributed by atoms with van der Waals surface area (Å²) in [4.78, 5) is 0. The van der Waals surface area contributed by atoms with Crippen LogP contribution >= 0.6 is 0 Å². The van der Waals surface area contributed by atoms with E-state index in [-0.39, 0.29) is 5.82 Å². The van der Waals surface area contributed by atoms with E-state index in [1.165, 1.54) is 25.3 Å². The summed E-state index contributed by atoms with van der Waals surface area (Å²) in [6.45, 7) is 0. The maximum absolute atomic E-state index is 13.5. The quantitative estimate of drug-likeness (QED) is 0.750. The van der Waals surface area contributed by atoms with Gasteiger partial charge in [-0.25, -0.2) is 8.78 Å². The first-order valence-corrected chi connectivity index (χ1v) is 4.80. The van der Waals surface area contributed by atoms with Crippen LogP contribution in [0.2, 0.25) is 0 Å². The lowest BCUT2D eigenvalue weighted by atomic mass is 10.0. The van der Waals surface area contributed by atoms with Gasteiger partial charge in [0.05, 0.1) is 7.11 Å². The Kier molecular flexibility index (Phi) is 2.86. The SMILES string of the molecule is COc1cc(F)cc(-c2ccccc2F)c1. The molecule has 0 unspecified atom stereocenters. The Morgan fingerprint density at radius 3 is 2.44 bits per heavy atom. The first-order valence-electron chi connectivity index (χ1n) is 4.80. The first-order chi connectivity index (χ1) is 7.70. The molecule has 0 fully saturated rings. The molecule has 0 spiro atoms. The number of rotatable bonds is 2. The van der Waals surface area contributed by atoms with Crippen LogP contribution in [0.3, 0.4) is 0 Å². The van der Waals surface area contributed by atoms with Crippen molar-refractivity contribution in [1.82, 2.24) is 0 Å². The number of methoxy groups -OCH3 is 1. The van der Waals surface area contributed by atoms with E-state index in [1.54, 1.807) is 24.3 Å². The smallest absolute Gasteiger partial charge is 0.131 e. The predicted octanol–water partition coefficient (Wildman–Crippen LogP) is 3.64. The second-order valence-corrected chi connectivity index (χ2v) is 3.36. The molecule has 0 bridgehead atoms. The molecule has 0 heterocycles. The van der Waals surface area contributed by atoms with E-state index >= 15 is 0 Å². The molecule has 0 saturated carbocycles. The summed E-state index contributed by atoms with van der Waals surface area (Å²) in [5.41, 5.74) is 0.829. The van der Waals surface area contributed by atoms with Gasteiger partial charge in [-0.3, -0.25) is 0 Å². The lowest BCUT2D eigenvalue weighted by Gasteiger charge is -2.06. The van der Waals surface area contributed by atoms with Gasteiger partial charge in [0.15, 0.2) is 0 Å². The molecule has 3 heteroatoms. The second-order valence-electron chi connectivity index (χ2n) is 3.36. The third kappa shape index (κ3) is 2.03. The molecule has 2 rings (SSSR count). The van der Waals surface area contributed by atoms with Crippen molar-refractivity contribution in [1.29, 1.82) is 0 Å². The zero-order chi connectivity index (χ0) is 11.5. The minimum absolute atomic E-state index is 0.361. The summed E-state index contributed by atoms with van der Waals surface area (Å²) in [6.07, 6.45) is 0. The van der Waals surface area contributed by atoms with Crippen molar-refractivity contribution < 1.29 is 13.5 Å². The summed E-state index contributed by atoms with van der Waals surface area (Å²) in [7, 11) is 1.44. The highest BCUT2D eigenvalue weighted by molar-refractivity contribution is 5.65. The maximum Gasteiger partial charge on any atom is 0.131 e. The molecule has 2 aromatic carbocycles. The van der Waals surface area contributed by atoms with Crippen molar-refractivity contribution in [2.45, 2.75) is 0 Å². The van der Waals surface area contributed by atoms with Gasteiger partial charge in [0.2, 0.25) is 0 Å². The number of halogens is 2. The van der Waals surface area contributed by atoms with Gasteiger partial charge >= 0.3 is 0 Å². The number of hydrogen-bond acceptors (Lipinski definition) is 1. The highest BCUT2D eigenvalue weighted by atomic mass is 19.1. The second kappa shape index (κ2) is 4.31. The van der Waals surface area contributed by atoms with Crippen LogP contribution in [0.4, 0.5) is 8.78 Å². The highest BCUT2D eigenvalue weighted by Crippen LogP contribution is 2.27. The molecule has 0 atom stereocenters. The van der Waals surface area contributed by atoms with E-state index in [0.717, 1.165) is 0 Å². The molecule has 82 valence electrons. The Balaban J connectivity index is 2.56. The van der Waals surface area contributed by atoms with Crippen LogP contribution in [-0.4, -0.2) is 7.11 Å². The third-order valence-corrected chi connectivity index (χ3v) is 2.29. The summed E-state index contributed by atoms with van der Waals surface area (Å²) >= 11 is 0. The monoisotopic (exact) mass is 220 g/mol. The molecule has 0 radical (unpaired) electrons. The van der Waals surface area contributed by atoms with Crippen LogP contribution in [0.25, 0.3) is 11.1 Å². The van der Waals surface area contributed by atoms with Crippen molar-refractivity contribution in [3.8, 4) is 16.9 Å². The van der Waals surface area contributed by atoms with Gasteiger partial charge in [0.25, 0.3) is 0 Å². The Morgan fingerprint density at radius 1 is 1.00 bits per heavy atom. The summed E-state index contributed by atoms with van der Waals surface area (Å²) < 4.78 is 31.6. The number of hydrogen-bond donors (Lipinski definition) is 0. The van der Waals surface area contributed by atoms with Crippen LogP contribution in [0.15, 0.2) is 42.5 Å². The third-order valence-electron chi connectivity index (χ3n) is 2.29. The molecular weight excluding hydrogens is 210 g/mol. The predicted molar refractivity (Wildman–Crippen MR) is 58.3 cm³/mol. The topological polar surface area (TPSA) is 9.23 Å². The lowest BCUT2D eigenvalue weighted by Crippen LogP contribution is -1.88. The molecule has 0 aromatic heterocycles. The van der Waals surface area contributed by atoms with Gasteiger partial charge in [-0.15, -0.1) is 0 Å². The van der Waals surface area contributed by atoms with Crippen molar-refractivity contribution in [3.05, 3.63) is 54.1 Å². The fourth-order valence-corrected chi connectivity index (χ4v) is 1.53. The Hall–Kier alpha value is -1.90. The van der Waals surface area contributed by atoms with Crippen molar-refractivity contribution in [2.24, 2.45) is 0 Å². The van der Waals surface area contributed by atoms with Gasteiger partial charge in [-0.1, -0.05) is 18.2 Å². The molecule has 16 heavy (non-hydrogen) atoms. The Bertz CT molecular complexity index is 509. The van der Waals surface area contributed by atoms with E-state index in [2.05, 4.69) is 0 Å². The van der Waals surface area contributed by atoms with E-state index in [9.17, 15) is 8.78 Å². The van der Waals surface area contributed by atoms with Crippen molar-refractivity contribution >= 4 is 0 Å². The average Bonchev–Trinajstić information content (AvgIpc) is 2.28. The highest BCUT2D eigenvalue weighted by Gasteiger charge is 2.07. The van der Waals surface area contributed by atoms with Crippen LogP contribution in [0, 0.1) is 11.6 Å². The minimum Gasteiger partial charge on any atom is -0.497 e. The standard InChI is InChI=1S/C13H10F2O/c1-16-11-7-9(6-10(14)8-11)12-4-2-3-5-13(12)15/h2-8H,1H3. The van der Waals surface area contributed by atoms with Crippen LogP contribution < -0.4 is 4.74 Å². The normalized spacial score (nSPS) is 10.2. The van der Waals surface area contributed by atoms with Gasteiger partial charge in [-0.05, 0) is 23.8 Å². The van der Waals surface area contributed by atoms with E-state index < -0.39 is 5.82 Å². The van der Waals surface area contributed by atoms with Gasteiger partial charge < -0.3 is 4.74 Å². The molecule has 0 amide bonds. The average molecular weight is 220 g/mol. The van der Waals surface area contributed by atoms with E-state index in [0.29, 0.717) is 16.9 Å². The van der Waals surface area contributed by atoms with Crippen LogP contribution in [0.5, 0.6) is 5.75 Å². The zero-order valence-corrected chi connectivity index (χ0v) is 8.71. The molecular formula is C13H10F2O. The van der Waals surface area contributed by atoms with E-state index in [4.69, 9.17) is 4.74 Å². The van der Waals surface area contributed by atoms with Crippen molar-refractivity contribution in [2.75, 3.05) is 7.11 Å². The van der Waals surface area contributed by atoms with Gasteiger partial charge in [-0.2, -0.15) is 0 Å². The van der Waals surface area contributed by atoms with Crippen LogP contribution in [0.1, 0.15) is 0 Å².